The Morgan fingerprint density at radius 2 is 2.29 bits per heavy atom. The highest BCUT2D eigenvalue weighted by molar-refractivity contribution is 7.13. The van der Waals surface area contributed by atoms with E-state index in [1.54, 1.807) is 0 Å². The van der Waals surface area contributed by atoms with Crippen molar-refractivity contribution in [3.63, 3.8) is 0 Å². The summed E-state index contributed by atoms with van der Waals surface area (Å²) in [5.41, 5.74) is 6.70. The normalized spacial score (nSPS) is 10.4. The molecule has 0 aliphatic rings. The molecule has 0 saturated heterocycles. The van der Waals surface area contributed by atoms with Crippen LogP contribution < -0.4 is 11.2 Å². The van der Waals surface area contributed by atoms with Crippen molar-refractivity contribution >= 4 is 29.4 Å². The Morgan fingerprint density at radius 3 is 2.79 bits per heavy atom. The predicted octanol–water partition coefficient (Wildman–Crippen LogP) is -0.00808. The summed E-state index contributed by atoms with van der Waals surface area (Å²) >= 11 is 1.53. The summed E-state index contributed by atoms with van der Waals surface area (Å²) in [5, 5.41) is 3.56. The highest BCUT2D eigenvalue weighted by Gasteiger charge is 2.05. The number of primary amides is 1. The van der Waals surface area contributed by atoms with Crippen LogP contribution in [0.1, 0.15) is 9.75 Å². The Kier molecular flexibility index (Phi) is 3.35. The molecule has 0 atom stereocenters. The molecule has 6 heteroatoms. The second-order valence-electron chi connectivity index (χ2n) is 2.51. The van der Waals surface area contributed by atoms with Gasteiger partial charge in [0.05, 0.1) is 6.21 Å². The van der Waals surface area contributed by atoms with Crippen LogP contribution in [0.2, 0.25) is 0 Å². The van der Waals surface area contributed by atoms with Gasteiger partial charge < -0.3 is 5.73 Å². The molecule has 3 N–H and O–H groups in total. The van der Waals surface area contributed by atoms with Crippen LogP contribution in [-0.4, -0.2) is 18.0 Å². The Balaban J connectivity index is 2.49. The number of hydrogen-bond donors (Lipinski definition) is 2. The van der Waals surface area contributed by atoms with Gasteiger partial charge in [-0.05, 0) is 19.1 Å². The minimum Gasteiger partial charge on any atom is -0.361 e. The van der Waals surface area contributed by atoms with Crippen LogP contribution in [0.5, 0.6) is 0 Å². The van der Waals surface area contributed by atoms with Gasteiger partial charge in [-0.3, -0.25) is 9.59 Å². The summed E-state index contributed by atoms with van der Waals surface area (Å²) in [5.74, 6) is -1.97. The molecule has 1 rings (SSSR count). The average Bonchev–Trinajstić information content (AvgIpc) is 2.51. The van der Waals surface area contributed by atoms with E-state index in [-0.39, 0.29) is 0 Å². The third kappa shape index (κ3) is 2.98. The lowest BCUT2D eigenvalue weighted by Gasteiger charge is -1.91. The quantitative estimate of drug-likeness (QED) is 0.409. The van der Waals surface area contributed by atoms with Crippen molar-refractivity contribution in [2.75, 3.05) is 0 Å². The summed E-state index contributed by atoms with van der Waals surface area (Å²) in [6.45, 7) is 1.96. The Bertz CT molecular complexity index is 384. The standard InChI is InChI=1S/C8H9N3O2S/c1-5-2-3-6(14-5)4-10-11-8(13)7(9)12/h2-4H,1H3,(H2,9,12)(H,11,13)/b10-4+. The zero-order valence-electron chi connectivity index (χ0n) is 7.48. The van der Waals surface area contributed by atoms with Gasteiger partial charge in [-0.2, -0.15) is 5.10 Å². The smallest absolute Gasteiger partial charge is 0.329 e. The number of rotatable bonds is 2. The molecular weight excluding hydrogens is 202 g/mol. The molecule has 0 unspecified atom stereocenters. The fourth-order valence-electron chi connectivity index (χ4n) is 0.732. The number of hydrazone groups is 1. The number of thiophene rings is 1. The lowest BCUT2D eigenvalue weighted by Crippen LogP contribution is -2.32. The van der Waals surface area contributed by atoms with Gasteiger partial charge in [0.25, 0.3) is 0 Å². The molecule has 2 amide bonds. The number of nitrogens with one attached hydrogen (secondary N) is 1. The minimum absolute atomic E-state index is 0.896. The van der Waals surface area contributed by atoms with E-state index in [0.29, 0.717) is 0 Å². The van der Waals surface area contributed by atoms with Crippen LogP contribution in [0, 0.1) is 6.92 Å². The van der Waals surface area contributed by atoms with Gasteiger partial charge in [-0.1, -0.05) is 0 Å². The van der Waals surface area contributed by atoms with E-state index in [0.717, 1.165) is 9.75 Å². The molecular formula is C8H9N3O2S. The Morgan fingerprint density at radius 1 is 1.57 bits per heavy atom. The third-order valence-electron chi connectivity index (χ3n) is 1.34. The van der Waals surface area contributed by atoms with Crippen LogP contribution in [0.4, 0.5) is 0 Å². The number of hydrogen-bond acceptors (Lipinski definition) is 4. The number of aryl methyl sites for hydroxylation is 1. The van der Waals surface area contributed by atoms with Crippen LogP contribution in [0.15, 0.2) is 17.2 Å². The molecule has 0 bridgehead atoms. The molecule has 0 saturated carbocycles. The maximum Gasteiger partial charge on any atom is 0.329 e. The van der Waals surface area contributed by atoms with E-state index in [1.807, 2.05) is 24.5 Å². The number of carbonyl (C=O) groups excluding carboxylic acids is 2. The van der Waals surface area contributed by atoms with Crippen LogP contribution in [0.3, 0.4) is 0 Å². The molecule has 1 aromatic heterocycles. The number of nitrogens with zero attached hydrogens (tertiary/aromatic N) is 1. The predicted molar refractivity (Wildman–Crippen MR) is 54.0 cm³/mol. The van der Waals surface area contributed by atoms with Gasteiger partial charge in [0, 0.05) is 9.75 Å². The van der Waals surface area contributed by atoms with Crippen LogP contribution in [-0.2, 0) is 9.59 Å². The summed E-state index contributed by atoms with van der Waals surface area (Å²) in [4.78, 5) is 23.0. The molecule has 5 nitrogen and oxygen atoms in total. The van der Waals surface area contributed by atoms with Gasteiger partial charge >= 0.3 is 11.8 Å². The zero-order valence-corrected chi connectivity index (χ0v) is 8.30. The highest BCUT2D eigenvalue weighted by Crippen LogP contribution is 2.11. The third-order valence-corrected chi connectivity index (χ3v) is 2.28. The second kappa shape index (κ2) is 4.52. The van der Waals surface area contributed by atoms with Gasteiger partial charge in [0.15, 0.2) is 0 Å². The van der Waals surface area contributed by atoms with Crippen LogP contribution >= 0.6 is 11.3 Å². The van der Waals surface area contributed by atoms with Gasteiger partial charge in [-0.15, -0.1) is 11.3 Å². The van der Waals surface area contributed by atoms with Gasteiger partial charge in [0.2, 0.25) is 0 Å². The molecule has 0 aliphatic carbocycles. The van der Waals surface area contributed by atoms with Crippen molar-refractivity contribution in [1.82, 2.24) is 5.43 Å². The topological polar surface area (TPSA) is 84.6 Å². The molecule has 0 aromatic carbocycles. The fourth-order valence-corrected chi connectivity index (χ4v) is 1.48. The zero-order chi connectivity index (χ0) is 10.6. The van der Waals surface area contributed by atoms with Crippen LogP contribution in [0.25, 0.3) is 0 Å². The van der Waals surface area contributed by atoms with Gasteiger partial charge in [0.1, 0.15) is 0 Å². The SMILES string of the molecule is Cc1ccc(/C=N/NC(=O)C(N)=O)s1. The Hall–Kier alpha value is -1.69. The monoisotopic (exact) mass is 211 g/mol. The molecule has 1 aromatic rings. The summed E-state index contributed by atoms with van der Waals surface area (Å²) in [7, 11) is 0. The molecule has 0 radical (unpaired) electrons. The van der Waals surface area contributed by atoms with Gasteiger partial charge in [-0.25, -0.2) is 5.43 Å². The molecule has 0 aliphatic heterocycles. The fraction of sp³-hybridized carbons (Fsp3) is 0.125. The van der Waals surface area contributed by atoms with Crippen molar-refractivity contribution in [1.29, 1.82) is 0 Å². The van der Waals surface area contributed by atoms with E-state index in [2.05, 4.69) is 5.10 Å². The van der Waals surface area contributed by atoms with E-state index in [4.69, 9.17) is 5.73 Å². The summed E-state index contributed by atoms with van der Waals surface area (Å²) in [6.07, 6.45) is 1.46. The Labute approximate surface area is 84.6 Å². The molecule has 0 fully saturated rings. The molecule has 0 spiro atoms. The van der Waals surface area contributed by atoms with Crippen molar-refractivity contribution in [3.05, 3.63) is 21.9 Å². The number of nitrogens with two attached hydrogens (primary N) is 1. The van der Waals surface area contributed by atoms with Crippen molar-refractivity contribution in [3.8, 4) is 0 Å². The lowest BCUT2D eigenvalue weighted by atomic mass is 10.4. The van der Waals surface area contributed by atoms with E-state index >= 15 is 0 Å². The first-order valence-corrected chi connectivity index (χ1v) is 4.60. The maximum atomic E-state index is 10.6. The first-order valence-electron chi connectivity index (χ1n) is 3.79. The first-order chi connectivity index (χ1) is 6.59. The maximum absolute atomic E-state index is 10.6. The summed E-state index contributed by atoms with van der Waals surface area (Å²) in [6, 6.07) is 3.79. The van der Waals surface area contributed by atoms with E-state index in [9.17, 15) is 9.59 Å². The largest absolute Gasteiger partial charge is 0.361 e. The first kappa shape index (κ1) is 10.4. The van der Waals surface area contributed by atoms with E-state index < -0.39 is 11.8 Å². The summed E-state index contributed by atoms with van der Waals surface area (Å²) < 4.78 is 0. The molecule has 1 heterocycles. The average molecular weight is 211 g/mol. The van der Waals surface area contributed by atoms with E-state index in [1.165, 1.54) is 17.6 Å². The van der Waals surface area contributed by atoms with Crippen molar-refractivity contribution in [2.45, 2.75) is 6.92 Å². The molecule has 74 valence electrons. The second-order valence-corrected chi connectivity index (χ2v) is 3.83. The lowest BCUT2D eigenvalue weighted by molar-refractivity contribution is -0.137. The number of amides is 2. The number of carbonyl (C=O) groups is 2. The van der Waals surface area contributed by atoms with Crippen molar-refractivity contribution < 1.29 is 9.59 Å². The van der Waals surface area contributed by atoms with Crippen molar-refractivity contribution in [2.24, 2.45) is 10.8 Å². The highest BCUT2D eigenvalue weighted by atomic mass is 32.1. The molecule has 14 heavy (non-hydrogen) atoms. The minimum atomic E-state index is -1.05.